The summed E-state index contributed by atoms with van der Waals surface area (Å²) < 4.78 is 20.8. The lowest BCUT2D eigenvalue weighted by Crippen LogP contribution is -2.39. The third-order valence-electron chi connectivity index (χ3n) is 7.14. The Morgan fingerprint density at radius 3 is 3.03 bits per heavy atom. The van der Waals surface area contributed by atoms with Gasteiger partial charge in [-0.2, -0.15) is 18.5 Å². The van der Waals surface area contributed by atoms with Gasteiger partial charge < -0.3 is 19.5 Å². The molecule has 2 aliphatic heterocycles. The maximum Gasteiger partial charge on any atom is 0.280 e. The maximum atomic E-state index is 12.1. The van der Waals surface area contributed by atoms with Crippen LogP contribution in [0.15, 0.2) is 23.3 Å². The number of rotatable bonds is 5. The van der Waals surface area contributed by atoms with Crippen LogP contribution < -0.4 is 11.3 Å². The van der Waals surface area contributed by atoms with E-state index < -0.39 is 5.69 Å². The number of allylic oxidation sites excluding steroid dienone is 1. The summed E-state index contributed by atoms with van der Waals surface area (Å²) in [7, 11) is 0. The van der Waals surface area contributed by atoms with Gasteiger partial charge in [0.1, 0.15) is 6.23 Å². The fraction of sp³-hybridized carbons (Fsp3) is 0.667. The molecule has 2 aromatic rings. The van der Waals surface area contributed by atoms with Gasteiger partial charge in [-0.25, -0.2) is 4.98 Å². The van der Waals surface area contributed by atoms with Gasteiger partial charge in [-0.1, -0.05) is 30.5 Å². The van der Waals surface area contributed by atoms with Crippen molar-refractivity contribution in [3.8, 4) is 0 Å². The molecule has 4 heterocycles. The Morgan fingerprint density at radius 2 is 2.29 bits per heavy atom. The van der Waals surface area contributed by atoms with Crippen molar-refractivity contribution in [3.05, 3.63) is 28.8 Å². The van der Waals surface area contributed by atoms with Gasteiger partial charge in [0.15, 0.2) is 11.2 Å². The van der Waals surface area contributed by atoms with Gasteiger partial charge in [-0.05, 0) is 63.2 Å². The van der Waals surface area contributed by atoms with Gasteiger partial charge in [0.05, 0.1) is 25.1 Å². The van der Waals surface area contributed by atoms with Crippen LogP contribution >= 0.6 is 30.6 Å². The number of nitrogens with two attached hydrogens (primary N) is 1. The SMILES string of the molecule is C=C(C)[C@@H]1CC[C@]2(C)S[P@@](=S)(OC[C@H]3O[C@@H](n4cnc5c(=O)[nH]c(N)nc54)C[C@@H]3C)O[C@H]2C1.S. The number of hydrogen-bond acceptors (Lipinski definition) is 9. The van der Waals surface area contributed by atoms with E-state index in [4.69, 9.17) is 31.3 Å². The topological polar surface area (TPSA) is 117 Å². The number of nitrogens with zero attached hydrogens (tertiary/aromatic N) is 3. The number of imidazole rings is 1. The van der Waals surface area contributed by atoms with E-state index in [0.717, 1.165) is 25.7 Å². The Bertz CT molecular complexity index is 1200. The van der Waals surface area contributed by atoms with Crippen LogP contribution in [-0.2, 0) is 25.6 Å². The summed E-state index contributed by atoms with van der Waals surface area (Å²) in [6.07, 6.45) is 5.11. The number of aromatic amines is 1. The Kier molecular flexibility index (Phi) is 7.34. The second kappa shape index (κ2) is 9.53. The Labute approximate surface area is 215 Å². The first-order valence-corrected chi connectivity index (χ1v) is 15.3. The first kappa shape index (κ1) is 26.2. The Hall–Kier alpha value is -0.880. The summed E-state index contributed by atoms with van der Waals surface area (Å²) in [6, 6.07) is 0. The molecule has 0 bridgehead atoms. The molecule has 3 aliphatic rings. The van der Waals surface area contributed by atoms with E-state index in [1.165, 1.54) is 5.57 Å². The highest BCUT2D eigenvalue weighted by molar-refractivity contribution is 8.68. The molecule has 1 saturated carbocycles. The fourth-order valence-corrected chi connectivity index (χ4v) is 12.1. The number of ether oxygens (including phenoxy) is 1. The van der Waals surface area contributed by atoms with Crippen molar-refractivity contribution in [2.75, 3.05) is 12.3 Å². The van der Waals surface area contributed by atoms with Gasteiger partial charge in [0.2, 0.25) is 11.6 Å². The fourth-order valence-electron chi connectivity index (χ4n) is 5.01. The Morgan fingerprint density at radius 1 is 1.53 bits per heavy atom. The Balaban J connectivity index is 0.00000274. The van der Waals surface area contributed by atoms with E-state index in [1.54, 1.807) is 22.3 Å². The van der Waals surface area contributed by atoms with Crippen LogP contribution in [0.5, 0.6) is 0 Å². The summed E-state index contributed by atoms with van der Waals surface area (Å²) >= 11 is 7.63. The molecule has 2 aromatic heterocycles. The minimum atomic E-state index is -2.46. The molecule has 1 aliphatic carbocycles. The number of nitrogens with one attached hydrogen (secondary N) is 1. The van der Waals surface area contributed by atoms with E-state index >= 15 is 0 Å². The van der Waals surface area contributed by atoms with E-state index in [2.05, 4.69) is 42.3 Å². The minimum Gasteiger partial charge on any atom is -0.369 e. The highest BCUT2D eigenvalue weighted by atomic mass is 32.9. The van der Waals surface area contributed by atoms with Crippen LogP contribution in [0.4, 0.5) is 5.95 Å². The predicted octanol–water partition coefficient (Wildman–Crippen LogP) is 4.25. The lowest BCUT2D eigenvalue weighted by Gasteiger charge is -2.37. The highest BCUT2D eigenvalue weighted by Crippen LogP contribution is 2.75. The van der Waals surface area contributed by atoms with Crippen LogP contribution in [0, 0.1) is 11.8 Å². The summed E-state index contributed by atoms with van der Waals surface area (Å²) in [6.45, 7) is 11.0. The summed E-state index contributed by atoms with van der Waals surface area (Å²) in [5.41, 5.74) is 4.78. The molecular formula is C21H32N5O4PS3. The highest BCUT2D eigenvalue weighted by Gasteiger charge is 2.53. The lowest BCUT2D eigenvalue weighted by atomic mass is 9.77. The molecule has 2 saturated heterocycles. The van der Waals surface area contributed by atoms with Gasteiger partial charge >= 0.3 is 0 Å². The molecule has 188 valence electrons. The minimum absolute atomic E-state index is 0. The normalized spacial score (nSPS) is 37.4. The van der Waals surface area contributed by atoms with E-state index in [0.29, 0.717) is 18.2 Å². The molecule has 3 N–H and O–H groups in total. The average Bonchev–Trinajstić information content (AvgIpc) is 3.38. The van der Waals surface area contributed by atoms with Crippen LogP contribution in [0.1, 0.15) is 52.7 Å². The average molecular weight is 546 g/mol. The smallest absolute Gasteiger partial charge is 0.280 e. The zero-order valence-electron chi connectivity index (χ0n) is 19.5. The largest absolute Gasteiger partial charge is 0.369 e. The molecule has 5 rings (SSSR count). The van der Waals surface area contributed by atoms with Crippen molar-refractivity contribution in [2.45, 2.75) is 69.6 Å². The predicted molar refractivity (Wildman–Crippen MR) is 144 cm³/mol. The van der Waals surface area contributed by atoms with Gasteiger partial charge in [-0.3, -0.25) is 14.3 Å². The summed E-state index contributed by atoms with van der Waals surface area (Å²) in [5, 5.41) is 0. The van der Waals surface area contributed by atoms with Gasteiger partial charge in [0.25, 0.3) is 5.56 Å². The molecule has 9 nitrogen and oxygen atoms in total. The van der Waals surface area contributed by atoms with Crippen molar-refractivity contribution in [1.29, 1.82) is 0 Å². The number of anilines is 1. The molecule has 0 unspecified atom stereocenters. The molecule has 0 aromatic carbocycles. The van der Waals surface area contributed by atoms with Gasteiger partial charge in [-0.15, -0.1) is 0 Å². The third kappa shape index (κ3) is 4.75. The first-order chi connectivity index (χ1) is 15.6. The third-order valence-corrected chi connectivity index (χ3v) is 13.0. The van der Waals surface area contributed by atoms with Crippen LogP contribution in [0.25, 0.3) is 11.2 Å². The number of hydrogen-bond donors (Lipinski definition) is 2. The second-order valence-corrected chi connectivity index (χ2v) is 16.3. The van der Waals surface area contributed by atoms with Crippen LogP contribution in [0.3, 0.4) is 0 Å². The quantitative estimate of drug-likeness (QED) is 0.420. The zero-order chi connectivity index (χ0) is 23.5. The molecular weight excluding hydrogens is 513 g/mol. The van der Waals surface area contributed by atoms with Crippen molar-refractivity contribution in [3.63, 3.8) is 0 Å². The summed E-state index contributed by atoms with van der Waals surface area (Å²) in [4.78, 5) is 23.0. The van der Waals surface area contributed by atoms with E-state index in [9.17, 15) is 4.79 Å². The second-order valence-electron chi connectivity index (χ2n) is 9.68. The zero-order valence-corrected chi connectivity index (χ0v) is 23.0. The van der Waals surface area contributed by atoms with E-state index in [-0.39, 0.29) is 59.6 Å². The van der Waals surface area contributed by atoms with Crippen molar-refractivity contribution < 1.29 is 13.8 Å². The molecule has 0 radical (unpaired) electrons. The summed E-state index contributed by atoms with van der Waals surface area (Å²) in [5.74, 6) is 0.771. The van der Waals surface area contributed by atoms with Crippen LogP contribution in [0.2, 0.25) is 0 Å². The lowest BCUT2D eigenvalue weighted by molar-refractivity contribution is -0.0236. The molecule has 0 amide bonds. The van der Waals surface area contributed by atoms with Crippen molar-refractivity contribution >= 4 is 59.5 Å². The van der Waals surface area contributed by atoms with Crippen molar-refractivity contribution in [1.82, 2.24) is 19.5 Å². The number of aromatic nitrogens is 4. The molecule has 7 atom stereocenters. The first-order valence-electron chi connectivity index (χ1n) is 11.2. The van der Waals surface area contributed by atoms with Crippen molar-refractivity contribution in [2.24, 2.45) is 11.8 Å². The van der Waals surface area contributed by atoms with Crippen LogP contribution in [-0.4, -0.2) is 43.1 Å². The monoisotopic (exact) mass is 545 g/mol. The van der Waals surface area contributed by atoms with Gasteiger partial charge in [0, 0.05) is 4.75 Å². The molecule has 3 fully saturated rings. The molecule has 0 spiro atoms. The number of H-pyrrole nitrogens is 1. The van der Waals surface area contributed by atoms with E-state index in [1.807, 2.05) is 0 Å². The molecule has 13 heteroatoms. The number of fused-ring (bicyclic) bond motifs is 2. The number of nitrogen functional groups attached to an aromatic ring is 1. The maximum absolute atomic E-state index is 12.1. The molecule has 34 heavy (non-hydrogen) atoms. The standard InChI is InChI=1S/C21H30N5O4PS2.H2S/c1-11(2)13-5-6-21(4)15(8-13)30-31(32,33-21)28-9-14-12(3)7-16(29-14)26-10-23-17-18(26)24-20(22)25-19(17)27;/h10,12-16H,1,5-9H2,2-4H3,(H3,22,24,25,27);1H2/t12-,13+,14+,15-,16+,21-,31-;/m0./s1.